The smallest absolute Gasteiger partial charge is 0.252 e. The number of hydrogen-bond donors (Lipinski definition) is 2. The second-order valence-corrected chi connectivity index (χ2v) is 4.94. The van der Waals surface area contributed by atoms with E-state index in [1.165, 1.54) is 11.3 Å². The van der Waals surface area contributed by atoms with Gasteiger partial charge in [0.25, 0.3) is 5.91 Å². The number of aromatic nitrogens is 1. The zero-order chi connectivity index (χ0) is 14.2. The lowest BCUT2D eigenvalue weighted by molar-refractivity contribution is -0.116. The fraction of sp³-hybridized carbons (Fsp3) is 0.214. The first-order chi connectivity index (χ1) is 9.75. The van der Waals surface area contributed by atoms with Crippen molar-refractivity contribution < 1.29 is 9.59 Å². The number of nitrogens with one attached hydrogen (secondary N) is 2. The van der Waals surface area contributed by atoms with Crippen molar-refractivity contribution in [3.8, 4) is 0 Å². The van der Waals surface area contributed by atoms with E-state index in [2.05, 4.69) is 15.6 Å². The Kier molecular flexibility index (Phi) is 5.25. The molecule has 5 nitrogen and oxygen atoms in total. The maximum absolute atomic E-state index is 11.6. The Morgan fingerprint density at radius 2 is 2.20 bits per heavy atom. The zero-order valence-corrected chi connectivity index (χ0v) is 11.7. The number of carbonyl (C=O) groups excluding carboxylic acids is 2. The van der Waals surface area contributed by atoms with Crippen molar-refractivity contribution in [3.63, 3.8) is 0 Å². The van der Waals surface area contributed by atoms with E-state index < -0.39 is 0 Å². The molecule has 2 rings (SSSR count). The Morgan fingerprint density at radius 3 is 2.90 bits per heavy atom. The highest BCUT2D eigenvalue weighted by atomic mass is 32.1. The van der Waals surface area contributed by atoms with Gasteiger partial charge < -0.3 is 10.6 Å². The summed E-state index contributed by atoms with van der Waals surface area (Å²) in [5.74, 6) is -0.179. The van der Waals surface area contributed by atoms with Crippen LogP contribution in [0.3, 0.4) is 0 Å². The van der Waals surface area contributed by atoms with Gasteiger partial charge in [0.1, 0.15) is 0 Å². The first kappa shape index (κ1) is 14.2. The van der Waals surface area contributed by atoms with Crippen molar-refractivity contribution in [3.05, 3.63) is 46.9 Å². The molecule has 2 amide bonds. The Bertz CT molecular complexity index is 555. The zero-order valence-electron chi connectivity index (χ0n) is 10.8. The summed E-state index contributed by atoms with van der Waals surface area (Å²) >= 11 is 1.48. The monoisotopic (exact) mass is 289 g/mol. The van der Waals surface area contributed by atoms with Crippen LogP contribution in [0.4, 0.5) is 5.69 Å². The summed E-state index contributed by atoms with van der Waals surface area (Å²) in [6.45, 7) is 0.481. The normalized spacial score (nSPS) is 10.0. The molecule has 0 aromatic carbocycles. The maximum atomic E-state index is 11.6. The van der Waals surface area contributed by atoms with Crippen LogP contribution in [0.15, 0.2) is 41.4 Å². The highest BCUT2D eigenvalue weighted by Gasteiger charge is 2.06. The van der Waals surface area contributed by atoms with Crippen LogP contribution in [0.1, 0.15) is 23.2 Å². The van der Waals surface area contributed by atoms with Crippen LogP contribution in [-0.2, 0) is 4.79 Å². The van der Waals surface area contributed by atoms with Gasteiger partial charge in [-0.1, -0.05) is 0 Å². The number of nitrogens with zero attached hydrogens (tertiary/aromatic N) is 1. The number of rotatable bonds is 6. The predicted molar refractivity (Wildman–Crippen MR) is 78.8 cm³/mol. The lowest BCUT2D eigenvalue weighted by Crippen LogP contribution is -2.25. The number of carbonyl (C=O) groups is 2. The molecule has 0 aliphatic heterocycles. The number of pyridine rings is 1. The highest BCUT2D eigenvalue weighted by molar-refractivity contribution is 7.08. The number of thiophene rings is 1. The highest BCUT2D eigenvalue weighted by Crippen LogP contribution is 2.06. The van der Waals surface area contributed by atoms with Crippen molar-refractivity contribution in [1.29, 1.82) is 0 Å². The Balaban J connectivity index is 1.64. The molecule has 2 aromatic heterocycles. The molecular weight excluding hydrogens is 274 g/mol. The van der Waals surface area contributed by atoms with E-state index in [0.29, 0.717) is 30.6 Å². The summed E-state index contributed by atoms with van der Waals surface area (Å²) in [5.41, 5.74) is 1.34. The summed E-state index contributed by atoms with van der Waals surface area (Å²) in [6.07, 6.45) is 4.20. The molecule has 0 radical (unpaired) electrons. The van der Waals surface area contributed by atoms with Gasteiger partial charge in [-0.2, -0.15) is 11.3 Å². The topological polar surface area (TPSA) is 71.1 Å². The van der Waals surface area contributed by atoms with E-state index >= 15 is 0 Å². The second-order valence-electron chi connectivity index (χ2n) is 4.16. The summed E-state index contributed by atoms with van der Waals surface area (Å²) in [6, 6.07) is 5.31. The number of amides is 2. The third-order valence-corrected chi connectivity index (χ3v) is 3.28. The summed E-state index contributed by atoms with van der Waals surface area (Å²) in [4.78, 5) is 27.2. The van der Waals surface area contributed by atoms with Gasteiger partial charge in [0, 0.05) is 30.1 Å². The molecule has 0 aliphatic rings. The van der Waals surface area contributed by atoms with Crippen LogP contribution < -0.4 is 10.6 Å². The van der Waals surface area contributed by atoms with Gasteiger partial charge in [-0.25, -0.2) is 0 Å². The molecule has 0 saturated heterocycles. The summed E-state index contributed by atoms with van der Waals surface area (Å²) in [5, 5.41) is 9.18. The second kappa shape index (κ2) is 7.40. The molecule has 104 valence electrons. The first-order valence-electron chi connectivity index (χ1n) is 6.26. The van der Waals surface area contributed by atoms with Gasteiger partial charge >= 0.3 is 0 Å². The van der Waals surface area contributed by atoms with Crippen molar-refractivity contribution in [2.45, 2.75) is 12.8 Å². The van der Waals surface area contributed by atoms with Crippen LogP contribution in [0.5, 0.6) is 0 Å². The Hall–Kier alpha value is -2.21. The molecule has 0 unspecified atom stereocenters. The van der Waals surface area contributed by atoms with Crippen LogP contribution in [-0.4, -0.2) is 23.3 Å². The van der Waals surface area contributed by atoms with E-state index in [0.717, 1.165) is 0 Å². The quantitative estimate of drug-likeness (QED) is 0.802. The summed E-state index contributed by atoms with van der Waals surface area (Å²) < 4.78 is 0. The molecule has 2 N–H and O–H groups in total. The van der Waals surface area contributed by atoms with Crippen molar-refractivity contribution >= 4 is 28.8 Å². The third-order valence-electron chi connectivity index (χ3n) is 2.59. The lowest BCUT2D eigenvalue weighted by Gasteiger charge is -2.05. The van der Waals surface area contributed by atoms with Gasteiger partial charge in [-0.05, 0) is 30.0 Å². The fourth-order valence-corrected chi connectivity index (χ4v) is 2.24. The molecule has 0 fully saturated rings. The lowest BCUT2D eigenvalue weighted by atomic mass is 10.2. The SMILES string of the molecule is O=C(CCCNC(=O)c1ccsc1)Nc1cccnc1. The molecule has 0 bridgehead atoms. The van der Waals surface area contributed by atoms with Gasteiger partial charge in [0.2, 0.25) is 5.91 Å². The molecule has 0 aliphatic carbocycles. The number of hydrogen-bond acceptors (Lipinski definition) is 4. The van der Waals surface area contributed by atoms with Gasteiger partial charge in [0.05, 0.1) is 11.9 Å². The van der Waals surface area contributed by atoms with Crippen LogP contribution in [0.25, 0.3) is 0 Å². The standard InChI is InChI=1S/C14H15N3O2S/c18-13(17-12-3-1-6-15-9-12)4-2-7-16-14(19)11-5-8-20-10-11/h1,3,5-6,8-10H,2,4,7H2,(H,16,19)(H,17,18). The largest absolute Gasteiger partial charge is 0.352 e. The average molecular weight is 289 g/mol. The van der Waals surface area contributed by atoms with Crippen LogP contribution in [0, 0.1) is 0 Å². The molecule has 20 heavy (non-hydrogen) atoms. The van der Waals surface area contributed by atoms with Gasteiger partial charge in [-0.15, -0.1) is 0 Å². The summed E-state index contributed by atoms with van der Waals surface area (Å²) in [7, 11) is 0. The molecule has 2 heterocycles. The molecule has 0 saturated carbocycles. The minimum atomic E-state index is -0.0982. The van der Waals surface area contributed by atoms with E-state index in [9.17, 15) is 9.59 Å². The maximum Gasteiger partial charge on any atom is 0.252 e. The predicted octanol–water partition coefficient (Wildman–Crippen LogP) is 2.29. The van der Waals surface area contributed by atoms with E-state index in [4.69, 9.17) is 0 Å². The van der Waals surface area contributed by atoms with E-state index in [1.54, 1.807) is 36.0 Å². The molecule has 0 spiro atoms. The van der Waals surface area contributed by atoms with Crippen LogP contribution in [0.2, 0.25) is 0 Å². The molecular formula is C14H15N3O2S. The first-order valence-corrected chi connectivity index (χ1v) is 7.20. The molecule has 2 aromatic rings. The van der Waals surface area contributed by atoms with Gasteiger partial charge in [-0.3, -0.25) is 14.6 Å². The molecule has 0 atom stereocenters. The fourth-order valence-electron chi connectivity index (χ4n) is 1.61. The number of anilines is 1. The van der Waals surface area contributed by atoms with E-state index in [1.807, 2.05) is 5.38 Å². The van der Waals surface area contributed by atoms with Crippen LogP contribution >= 0.6 is 11.3 Å². The van der Waals surface area contributed by atoms with Crippen molar-refractivity contribution in [2.24, 2.45) is 0 Å². The average Bonchev–Trinajstić information content (AvgIpc) is 2.99. The Labute approximate surface area is 121 Å². The third kappa shape index (κ3) is 4.47. The minimum Gasteiger partial charge on any atom is -0.352 e. The minimum absolute atomic E-state index is 0.0808. The van der Waals surface area contributed by atoms with E-state index in [-0.39, 0.29) is 11.8 Å². The van der Waals surface area contributed by atoms with Gasteiger partial charge in [0.15, 0.2) is 0 Å². The Morgan fingerprint density at radius 1 is 1.30 bits per heavy atom. The molecule has 6 heteroatoms. The van der Waals surface area contributed by atoms with Crippen molar-refractivity contribution in [1.82, 2.24) is 10.3 Å². The van der Waals surface area contributed by atoms with Crippen molar-refractivity contribution in [2.75, 3.05) is 11.9 Å².